The minimum absolute atomic E-state index is 0.468. The van der Waals surface area contributed by atoms with Crippen molar-refractivity contribution in [3.63, 3.8) is 0 Å². The van der Waals surface area contributed by atoms with Gasteiger partial charge in [0.05, 0.1) is 28.0 Å². The lowest BCUT2D eigenvalue weighted by atomic mass is 10.2. The van der Waals surface area contributed by atoms with Gasteiger partial charge in [0.25, 0.3) is 0 Å². The summed E-state index contributed by atoms with van der Waals surface area (Å²) >= 11 is 7.70. The van der Waals surface area contributed by atoms with Crippen LogP contribution in [0.4, 0.5) is 0 Å². The SMILES string of the molecule is Clc1ccccc1-c1noc(CSc2ncnc3c2cnn3-c2ccccc2)n1. The number of hydrogen-bond acceptors (Lipinski definition) is 7. The largest absolute Gasteiger partial charge is 0.338 e. The molecule has 0 atom stereocenters. The highest BCUT2D eigenvalue weighted by atomic mass is 35.5. The number of halogens is 1. The quantitative estimate of drug-likeness (QED) is 0.298. The molecule has 3 heterocycles. The molecule has 0 amide bonds. The molecule has 2 aromatic carbocycles. The number of benzene rings is 2. The Morgan fingerprint density at radius 3 is 2.69 bits per heavy atom. The molecule has 0 N–H and O–H groups in total. The van der Waals surface area contributed by atoms with Crippen LogP contribution in [0.3, 0.4) is 0 Å². The predicted molar refractivity (Wildman–Crippen MR) is 111 cm³/mol. The summed E-state index contributed by atoms with van der Waals surface area (Å²) in [5.41, 5.74) is 2.43. The van der Waals surface area contributed by atoms with Crippen LogP contribution in [0.15, 0.2) is 76.7 Å². The van der Waals surface area contributed by atoms with Gasteiger partial charge in [-0.3, -0.25) is 0 Å². The van der Waals surface area contributed by atoms with E-state index in [4.69, 9.17) is 16.1 Å². The van der Waals surface area contributed by atoms with Gasteiger partial charge in [0.2, 0.25) is 11.7 Å². The molecule has 0 bridgehead atoms. The predicted octanol–water partition coefficient (Wildman–Crippen LogP) is 4.81. The summed E-state index contributed by atoms with van der Waals surface area (Å²) in [4.78, 5) is 13.2. The molecule has 5 aromatic rings. The first-order chi connectivity index (χ1) is 14.3. The van der Waals surface area contributed by atoms with Crippen molar-refractivity contribution < 1.29 is 4.52 Å². The van der Waals surface area contributed by atoms with Gasteiger partial charge in [-0.15, -0.1) is 0 Å². The van der Waals surface area contributed by atoms with Crippen LogP contribution in [0.1, 0.15) is 5.89 Å². The maximum absolute atomic E-state index is 6.21. The first-order valence-corrected chi connectivity index (χ1v) is 10.1. The molecular weight excluding hydrogens is 408 g/mol. The summed E-state index contributed by atoms with van der Waals surface area (Å²) in [7, 11) is 0. The lowest BCUT2D eigenvalue weighted by Gasteiger charge is -2.03. The van der Waals surface area contributed by atoms with Crippen molar-refractivity contribution in [3.05, 3.63) is 78.0 Å². The average Bonchev–Trinajstić information content (AvgIpc) is 3.41. The molecular formula is C20H13ClN6OS. The lowest BCUT2D eigenvalue weighted by Crippen LogP contribution is -1.97. The van der Waals surface area contributed by atoms with Crippen molar-refractivity contribution in [2.45, 2.75) is 10.8 Å². The summed E-state index contributed by atoms with van der Waals surface area (Å²) in [6.45, 7) is 0. The number of thioether (sulfide) groups is 1. The van der Waals surface area contributed by atoms with E-state index in [1.165, 1.54) is 18.1 Å². The second kappa shape index (κ2) is 7.65. The summed E-state index contributed by atoms with van der Waals surface area (Å²) in [6.07, 6.45) is 3.31. The number of aromatic nitrogens is 6. The Labute approximate surface area is 174 Å². The summed E-state index contributed by atoms with van der Waals surface area (Å²) in [5.74, 6) is 1.43. The zero-order chi connectivity index (χ0) is 19.6. The molecule has 0 radical (unpaired) electrons. The van der Waals surface area contributed by atoms with Crippen LogP contribution in [0, 0.1) is 0 Å². The molecule has 0 spiro atoms. The Balaban J connectivity index is 1.39. The number of hydrogen-bond donors (Lipinski definition) is 0. The molecule has 7 nitrogen and oxygen atoms in total. The maximum atomic E-state index is 6.21. The van der Waals surface area contributed by atoms with E-state index in [-0.39, 0.29) is 0 Å². The summed E-state index contributed by atoms with van der Waals surface area (Å²) in [5, 5.41) is 10.8. The van der Waals surface area contributed by atoms with Crippen molar-refractivity contribution in [3.8, 4) is 17.1 Å². The Kier molecular flexibility index (Phi) is 4.71. The molecule has 0 fully saturated rings. The fraction of sp³-hybridized carbons (Fsp3) is 0.0500. The van der Waals surface area contributed by atoms with Gasteiger partial charge < -0.3 is 4.52 Å². The van der Waals surface area contributed by atoms with Crippen molar-refractivity contribution >= 4 is 34.4 Å². The average molecular weight is 421 g/mol. The third-order valence-electron chi connectivity index (χ3n) is 4.25. The van der Waals surface area contributed by atoms with E-state index >= 15 is 0 Å². The van der Waals surface area contributed by atoms with Crippen molar-refractivity contribution in [2.24, 2.45) is 0 Å². The molecule has 142 valence electrons. The second-order valence-corrected chi connectivity index (χ2v) is 7.46. The molecule has 0 saturated carbocycles. The van der Waals surface area contributed by atoms with E-state index in [1.54, 1.807) is 16.9 Å². The zero-order valence-corrected chi connectivity index (χ0v) is 16.5. The van der Waals surface area contributed by atoms with E-state index in [2.05, 4.69) is 25.2 Å². The summed E-state index contributed by atoms with van der Waals surface area (Å²) < 4.78 is 7.17. The maximum Gasteiger partial charge on any atom is 0.237 e. The fourth-order valence-electron chi connectivity index (χ4n) is 2.89. The van der Waals surface area contributed by atoms with E-state index in [9.17, 15) is 0 Å². The second-order valence-electron chi connectivity index (χ2n) is 6.09. The van der Waals surface area contributed by atoms with E-state index in [0.717, 1.165) is 27.3 Å². The Bertz CT molecular complexity index is 1290. The van der Waals surface area contributed by atoms with Crippen molar-refractivity contribution in [2.75, 3.05) is 0 Å². The van der Waals surface area contributed by atoms with E-state index in [0.29, 0.717) is 22.5 Å². The zero-order valence-electron chi connectivity index (χ0n) is 14.9. The van der Waals surface area contributed by atoms with Gasteiger partial charge in [0.1, 0.15) is 11.4 Å². The van der Waals surface area contributed by atoms with Gasteiger partial charge in [-0.25, -0.2) is 14.6 Å². The molecule has 9 heteroatoms. The number of fused-ring (bicyclic) bond motifs is 1. The Morgan fingerprint density at radius 1 is 1.00 bits per heavy atom. The van der Waals surface area contributed by atoms with Crippen LogP contribution >= 0.6 is 23.4 Å². The van der Waals surface area contributed by atoms with Gasteiger partial charge in [-0.05, 0) is 24.3 Å². The monoisotopic (exact) mass is 420 g/mol. The highest BCUT2D eigenvalue weighted by molar-refractivity contribution is 7.98. The third-order valence-corrected chi connectivity index (χ3v) is 5.56. The highest BCUT2D eigenvalue weighted by Gasteiger charge is 2.15. The topological polar surface area (TPSA) is 82.5 Å². The van der Waals surface area contributed by atoms with Crippen LogP contribution in [0.25, 0.3) is 28.1 Å². The molecule has 3 aromatic heterocycles. The molecule has 0 aliphatic carbocycles. The lowest BCUT2D eigenvalue weighted by molar-refractivity contribution is 0.391. The van der Waals surface area contributed by atoms with Crippen LogP contribution in [0.5, 0.6) is 0 Å². The minimum Gasteiger partial charge on any atom is -0.338 e. The van der Waals surface area contributed by atoms with Crippen molar-refractivity contribution in [1.29, 1.82) is 0 Å². The summed E-state index contributed by atoms with van der Waals surface area (Å²) in [6, 6.07) is 17.3. The van der Waals surface area contributed by atoms with Gasteiger partial charge in [-0.2, -0.15) is 10.1 Å². The standard InChI is InChI=1S/C20H13ClN6OS/c21-16-9-5-4-8-14(16)18-25-17(28-26-18)11-29-20-15-10-24-27(19(15)22-12-23-20)13-6-2-1-3-7-13/h1-10,12H,11H2. The van der Waals surface area contributed by atoms with E-state index < -0.39 is 0 Å². The van der Waals surface area contributed by atoms with Crippen LogP contribution in [-0.4, -0.2) is 29.9 Å². The normalized spacial score (nSPS) is 11.2. The van der Waals surface area contributed by atoms with E-state index in [1.807, 2.05) is 48.5 Å². The molecule has 29 heavy (non-hydrogen) atoms. The Hall–Kier alpha value is -3.23. The molecule has 0 saturated heterocycles. The number of nitrogens with zero attached hydrogens (tertiary/aromatic N) is 6. The number of rotatable bonds is 5. The first-order valence-electron chi connectivity index (χ1n) is 8.74. The molecule has 0 aliphatic rings. The van der Waals surface area contributed by atoms with Crippen LogP contribution in [0.2, 0.25) is 5.02 Å². The van der Waals surface area contributed by atoms with Crippen LogP contribution < -0.4 is 0 Å². The van der Waals surface area contributed by atoms with Gasteiger partial charge >= 0.3 is 0 Å². The highest BCUT2D eigenvalue weighted by Crippen LogP contribution is 2.29. The molecule has 0 aliphatic heterocycles. The molecule has 5 rings (SSSR count). The number of para-hydroxylation sites is 1. The smallest absolute Gasteiger partial charge is 0.237 e. The van der Waals surface area contributed by atoms with Crippen molar-refractivity contribution in [1.82, 2.24) is 29.9 Å². The Morgan fingerprint density at radius 2 is 1.83 bits per heavy atom. The van der Waals surface area contributed by atoms with Gasteiger partial charge in [0.15, 0.2) is 5.65 Å². The van der Waals surface area contributed by atoms with Gasteiger partial charge in [0, 0.05) is 5.56 Å². The minimum atomic E-state index is 0.468. The third kappa shape index (κ3) is 3.48. The molecule has 0 unspecified atom stereocenters. The van der Waals surface area contributed by atoms with Crippen LogP contribution in [-0.2, 0) is 5.75 Å². The fourth-order valence-corrected chi connectivity index (χ4v) is 3.91. The van der Waals surface area contributed by atoms with Gasteiger partial charge in [-0.1, -0.05) is 58.9 Å². The first kappa shape index (κ1) is 17.8.